The number of aromatic nitrogens is 1. The molecule has 3 rings (SSSR count). The minimum atomic E-state index is 0.182. The summed E-state index contributed by atoms with van der Waals surface area (Å²) < 4.78 is 0. The Bertz CT molecular complexity index is 532. The van der Waals surface area contributed by atoms with E-state index < -0.39 is 0 Å². The summed E-state index contributed by atoms with van der Waals surface area (Å²) in [6.07, 6.45) is 5.93. The zero-order valence-electron chi connectivity index (χ0n) is 11.3. The molecule has 0 aliphatic heterocycles. The van der Waals surface area contributed by atoms with Crippen molar-refractivity contribution < 1.29 is 0 Å². The highest BCUT2D eigenvalue weighted by molar-refractivity contribution is 5.33. The van der Waals surface area contributed by atoms with Crippen LogP contribution >= 0.6 is 0 Å². The van der Waals surface area contributed by atoms with Crippen molar-refractivity contribution in [2.24, 2.45) is 0 Å². The second-order valence-corrected chi connectivity index (χ2v) is 5.27. The number of benzene rings is 1. The maximum atomic E-state index is 4.47. The molecule has 0 amide bonds. The molecule has 1 saturated carbocycles. The SMILES string of the molecule is CNC(c1cccc(C2CCC2)c1)c1ccccn1. The van der Waals surface area contributed by atoms with Gasteiger partial charge in [0.2, 0.25) is 0 Å². The molecule has 1 aromatic carbocycles. The molecule has 98 valence electrons. The van der Waals surface area contributed by atoms with Crippen molar-refractivity contribution in [1.82, 2.24) is 10.3 Å². The molecule has 1 atom stereocenters. The predicted molar refractivity (Wildman–Crippen MR) is 78.2 cm³/mol. The largest absolute Gasteiger partial charge is 0.308 e. The molecule has 1 heterocycles. The summed E-state index contributed by atoms with van der Waals surface area (Å²) in [5.41, 5.74) is 3.88. The summed E-state index contributed by atoms with van der Waals surface area (Å²) in [5.74, 6) is 0.779. The smallest absolute Gasteiger partial charge is 0.0749 e. The van der Waals surface area contributed by atoms with Gasteiger partial charge >= 0.3 is 0 Å². The Morgan fingerprint density at radius 2 is 2.05 bits per heavy atom. The number of nitrogens with one attached hydrogen (secondary N) is 1. The Balaban J connectivity index is 1.91. The molecule has 0 radical (unpaired) electrons. The number of nitrogens with zero attached hydrogens (tertiary/aromatic N) is 1. The lowest BCUT2D eigenvalue weighted by atomic mass is 9.79. The molecule has 2 nitrogen and oxygen atoms in total. The Hall–Kier alpha value is -1.67. The van der Waals surface area contributed by atoms with Gasteiger partial charge in [-0.25, -0.2) is 0 Å². The van der Waals surface area contributed by atoms with Gasteiger partial charge in [0.25, 0.3) is 0 Å². The first-order valence-electron chi connectivity index (χ1n) is 7.06. The van der Waals surface area contributed by atoms with Crippen molar-refractivity contribution in [2.75, 3.05) is 7.05 Å². The van der Waals surface area contributed by atoms with Crippen LogP contribution in [0, 0.1) is 0 Å². The highest BCUT2D eigenvalue weighted by Gasteiger charge is 2.21. The van der Waals surface area contributed by atoms with Crippen molar-refractivity contribution in [2.45, 2.75) is 31.2 Å². The van der Waals surface area contributed by atoms with E-state index in [1.54, 1.807) is 0 Å². The molecule has 2 heteroatoms. The molecular weight excluding hydrogens is 232 g/mol. The minimum Gasteiger partial charge on any atom is -0.308 e. The molecule has 1 unspecified atom stereocenters. The molecule has 1 aliphatic rings. The maximum absolute atomic E-state index is 4.47. The lowest BCUT2D eigenvalue weighted by molar-refractivity contribution is 0.419. The van der Waals surface area contributed by atoms with Gasteiger partial charge in [0.15, 0.2) is 0 Å². The highest BCUT2D eigenvalue weighted by Crippen LogP contribution is 2.37. The summed E-state index contributed by atoms with van der Waals surface area (Å²) in [7, 11) is 2.00. The molecule has 1 aliphatic carbocycles. The average Bonchev–Trinajstić information content (AvgIpc) is 2.39. The van der Waals surface area contributed by atoms with Crippen molar-refractivity contribution in [3.63, 3.8) is 0 Å². The summed E-state index contributed by atoms with van der Waals surface area (Å²) >= 11 is 0. The molecule has 0 saturated heterocycles. The van der Waals surface area contributed by atoms with Crippen LogP contribution < -0.4 is 5.32 Å². The zero-order chi connectivity index (χ0) is 13.1. The summed E-state index contributed by atoms with van der Waals surface area (Å²) in [6, 6.07) is 15.2. The average molecular weight is 252 g/mol. The second-order valence-electron chi connectivity index (χ2n) is 5.27. The Morgan fingerprint density at radius 1 is 1.16 bits per heavy atom. The van der Waals surface area contributed by atoms with Crippen LogP contribution in [0.25, 0.3) is 0 Å². The molecule has 19 heavy (non-hydrogen) atoms. The molecule has 2 aromatic rings. The van der Waals surface area contributed by atoms with Crippen LogP contribution in [0.4, 0.5) is 0 Å². The van der Waals surface area contributed by atoms with Crippen molar-refractivity contribution in [3.8, 4) is 0 Å². The van der Waals surface area contributed by atoms with Gasteiger partial charge in [0, 0.05) is 6.20 Å². The third kappa shape index (κ3) is 2.54. The van der Waals surface area contributed by atoms with Crippen LogP contribution in [-0.2, 0) is 0 Å². The normalized spacial score (nSPS) is 16.9. The van der Waals surface area contributed by atoms with Crippen molar-refractivity contribution in [1.29, 1.82) is 0 Å². The quantitative estimate of drug-likeness (QED) is 0.898. The Morgan fingerprint density at radius 3 is 2.68 bits per heavy atom. The summed E-state index contributed by atoms with van der Waals surface area (Å²) in [5, 5.41) is 3.37. The zero-order valence-corrected chi connectivity index (χ0v) is 11.3. The van der Waals surface area contributed by atoms with Crippen molar-refractivity contribution >= 4 is 0 Å². The summed E-state index contributed by atoms with van der Waals surface area (Å²) in [6.45, 7) is 0. The van der Waals surface area contributed by atoms with E-state index in [0.29, 0.717) is 0 Å². The van der Waals surface area contributed by atoms with E-state index in [4.69, 9.17) is 0 Å². The van der Waals surface area contributed by atoms with Gasteiger partial charge in [-0.05, 0) is 49.1 Å². The lowest BCUT2D eigenvalue weighted by Gasteiger charge is -2.27. The molecule has 1 fully saturated rings. The number of hydrogen-bond acceptors (Lipinski definition) is 2. The van der Waals surface area contributed by atoms with Crippen molar-refractivity contribution in [3.05, 3.63) is 65.5 Å². The highest BCUT2D eigenvalue weighted by atomic mass is 14.9. The fourth-order valence-corrected chi connectivity index (χ4v) is 2.77. The third-order valence-electron chi connectivity index (χ3n) is 4.09. The monoisotopic (exact) mass is 252 g/mol. The molecule has 0 spiro atoms. The van der Waals surface area contributed by atoms with Gasteiger partial charge in [-0.1, -0.05) is 36.8 Å². The first kappa shape index (κ1) is 12.4. The topological polar surface area (TPSA) is 24.9 Å². The van der Waals surface area contributed by atoms with Crippen LogP contribution in [0.1, 0.15) is 48.0 Å². The molecule has 1 aromatic heterocycles. The Labute approximate surface area is 114 Å². The van der Waals surface area contributed by atoms with Gasteiger partial charge in [-0.3, -0.25) is 4.98 Å². The van der Waals surface area contributed by atoms with Gasteiger partial charge in [0.1, 0.15) is 0 Å². The van der Waals surface area contributed by atoms with E-state index in [2.05, 4.69) is 40.6 Å². The number of hydrogen-bond donors (Lipinski definition) is 1. The fraction of sp³-hybridized carbons (Fsp3) is 0.353. The molecule has 0 bridgehead atoms. The van der Waals surface area contributed by atoms with E-state index in [1.165, 1.54) is 30.4 Å². The van der Waals surface area contributed by atoms with E-state index in [0.717, 1.165) is 11.6 Å². The van der Waals surface area contributed by atoms with Crippen LogP contribution in [-0.4, -0.2) is 12.0 Å². The first-order chi connectivity index (χ1) is 9.38. The summed E-state index contributed by atoms with van der Waals surface area (Å²) in [4.78, 5) is 4.47. The van der Waals surface area contributed by atoms with Crippen LogP contribution in [0.3, 0.4) is 0 Å². The van der Waals surface area contributed by atoms with Crippen LogP contribution in [0.5, 0.6) is 0 Å². The number of rotatable bonds is 4. The predicted octanol–water partition coefficient (Wildman–Crippen LogP) is 3.66. The number of pyridine rings is 1. The van der Waals surface area contributed by atoms with Gasteiger partial charge in [0.05, 0.1) is 11.7 Å². The van der Waals surface area contributed by atoms with E-state index in [1.807, 2.05) is 25.4 Å². The van der Waals surface area contributed by atoms with Gasteiger partial charge in [-0.2, -0.15) is 0 Å². The molecular formula is C17H20N2. The van der Waals surface area contributed by atoms with E-state index in [9.17, 15) is 0 Å². The standard InChI is InChI=1S/C17H20N2/c1-18-17(16-10-2-3-11-19-16)15-9-5-8-14(12-15)13-6-4-7-13/h2-3,5,8-13,17-18H,4,6-7H2,1H3. The maximum Gasteiger partial charge on any atom is 0.0749 e. The minimum absolute atomic E-state index is 0.182. The molecule has 1 N–H and O–H groups in total. The van der Waals surface area contributed by atoms with Gasteiger partial charge < -0.3 is 5.32 Å². The van der Waals surface area contributed by atoms with Crippen LogP contribution in [0.15, 0.2) is 48.7 Å². The third-order valence-corrected chi connectivity index (χ3v) is 4.09. The lowest BCUT2D eigenvalue weighted by Crippen LogP contribution is -2.19. The Kier molecular flexibility index (Phi) is 3.60. The van der Waals surface area contributed by atoms with Crippen LogP contribution in [0.2, 0.25) is 0 Å². The van der Waals surface area contributed by atoms with E-state index in [-0.39, 0.29) is 6.04 Å². The second kappa shape index (κ2) is 5.54. The fourth-order valence-electron chi connectivity index (χ4n) is 2.77. The van der Waals surface area contributed by atoms with Gasteiger partial charge in [-0.15, -0.1) is 0 Å². The van der Waals surface area contributed by atoms with E-state index >= 15 is 0 Å². The first-order valence-corrected chi connectivity index (χ1v) is 7.06.